The first kappa shape index (κ1) is 10.4. The van der Waals surface area contributed by atoms with Crippen molar-refractivity contribution in [2.24, 2.45) is 5.92 Å². The number of nitrogens with one attached hydrogen (secondary N) is 1. The third-order valence-corrected chi connectivity index (χ3v) is 5.08. The van der Waals surface area contributed by atoms with Crippen LogP contribution in [0.25, 0.3) is 10.1 Å². The number of nitrogens with zero attached hydrogens (tertiary/aromatic N) is 1. The number of anilines is 1. The number of hydrogen-bond acceptors (Lipinski definition) is 4. The molecule has 1 aliphatic heterocycles. The topological polar surface area (TPSA) is 24.9 Å². The molecule has 1 atom stereocenters. The number of rotatable bonds is 3. The Morgan fingerprint density at radius 3 is 3.31 bits per heavy atom. The van der Waals surface area contributed by atoms with Gasteiger partial charge < -0.3 is 5.32 Å². The Bertz CT molecular complexity index is 475. The molecule has 1 aliphatic rings. The largest absolute Gasteiger partial charge is 0.369 e. The summed E-state index contributed by atoms with van der Waals surface area (Å²) in [5, 5.41) is 6.89. The highest BCUT2D eigenvalue weighted by molar-refractivity contribution is 7.99. The Morgan fingerprint density at radius 1 is 1.44 bits per heavy atom. The number of hydrogen-bond donors (Lipinski definition) is 1. The molecule has 0 amide bonds. The molecule has 16 heavy (non-hydrogen) atoms. The number of thiophene rings is 1. The summed E-state index contributed by atoms with van der Waals surface area (Å²) in [5.74, 6) is 4.49. The highest BCUT2D eigenvalue weighted by Crippen LogP contribution is 2.27. The van der Waals surface area contributed by atoms with Crippen LogP contribution in [0.5, 0.6) is 0 Å². The SMILES string of the molecule is c1cc2sccc2c(NCC2CCSC2)n1. The van der Waals surface area contributed by atoms with Crippen molar-refractivity contribution in [3.63, 3.8) is 0 Å². The second-order valence-electron chi connectivity index (χ2n) is 4.10. The molecule has 0 saturated carbocycles. The maximum atomic E-state index is 4.43. The van der Waals surface area contributed by atoms with Crippen LogP contribution in [0.15, 0.2) is 23.7 Å². The highest BCUT2D eigenvalue weighted by Gasteiger charge is 2.15. The van der Waals surface area contributed by atoms with Gasteiger partial charge in [-0.05, 0) is 41.4 Å². The summed E-state index contributed by atoms with van der Waals surface area (Å²) in [5.41, 5.74) is 0. The van der Waals surface area contributed by atoms with Gasteiger partial charge in [-0.2, -0.15) is 11.8 Å². The molecule has 2 aromatic heterocycles. The van der Waals surface area contributed by atoms with Crippen LogP contribution >= 0.6 is 23.1 Å². The molecule has 0 aromatic carbocycles. The number of thioether (sulfide) groups is 1. The number of pyridine rings is 1. The third-order valence-electron chi connectivity index (χ3n) is 2.96. The van der Waals surface area contributed by atoms with Crippen LogP contribution in [0, 0.1) is 5.92 Å². The van der Waals surface area contributed by atoms with E-state index in [2.05, 4.69) is 39.6 Å². The van der Waals surface area contributed by atoms with E-state index in [-0.39, 0.29) is 0 Å². The van der Waals surface area contributed by atoms with Gasteiger partial charge in [-0.1, -0.05) is 0 Å². The predicted octanol–water partition coefficient (Wildman–Crippen LogP) is 3.46. The van der Waals surface area contributed by atoms with Gasteiger partial charge in [0.25, 0.3) is 0 Å². The molecule has 1 N–H and O–H groups in total. The summed E-state index contributed by atoms with van der Waals surface area (Å²) < 4.78 is 1.32. The average Bonchev–Trinajstić information content (AvgIpc) is 2.97. The fourth-order valence-corrected chi connectivity index (χ4v) is 4.09. The summed E-state index contributed by atoms with van der Waals surface area (Å²) >= 11 is 3.84. The van der Waals surface area contributed by atoms with Gasteiger partial charge in [-0.25, -0.2) is 4.98 Å². The van der Waals surface area contributed by atoms with Gasteiger partial charge in [0.15, 0.2) is 0 Å². The van der Waals surface area contributed by atoms with Gasteiger partial charge in [-0.3, -0.25) is 0 Å². The highest BCUT2D eigenvalue weighted by atomic mass is 32.2. The molecule has 0 radical (unpaired) electrons. The van der Waals surface area contributed by atoms with E-state index >= 15 is 0 Å². The minimum Gasteiger partial charge on any atom is -0.369 e. The van der Waals surface area contributed by atoms with Crippen LogP contribution in [0.1, 0.15) is 6.42 Å². The van der Waals surface area contributed by atoms with Gasteiger partial charge in [0.2, 0.25) is 0 Å². The molecule has 2 aromatic rings. The fourth-order valence-electron chi connectivity index (χ4n) is 2.02. The maximum Gasteiger partial charge on any atom is 0.134 e. The Hall–Kier alpha value is -0.740. The third kappa shape index (κ3) is 2.04. The molecular weight excluding hydrogens is 236 g/mol. The standard InChI is InChI=1S/C12H14N2S2/c1-4-13-12(10-3-6-16-11(1)10)14-7-9-2-5-15-8-9/h1,3-4,6,9H,2,5,7-8H2,(H,13,14). The van der Waals surface area contributed by atoms with E-state index in [0.29, 0.717) is 0 Å². The molecule has 1 fully saturated rings. The molecule has 1 saturated heterocycles. The predicted molar refractivity (Wildman–Crippen MR) is 73.5 cm³/mol. The molecule has 0 spiro atoms. The molecule has 2 nitrogen and oxygen atoms in total. The van der Waals surface area contributed by atoms with Crippen molar-refractivity contribution in [3.8, 4) is 0 Å². The van der Waals surface area contributed by atoms with Crippen molar-refractivity contribution in [1.82, 2.24) is 4.98 Å². The molecular formula is C12H14N2S2. The normalized spacial score (nSPS) is 20.4. The second kappa shape index (κ2) is 4.63. The van der Waals surface area contributed by atoms with E-state index in [9.17, 15) is 0 Å². The number of aromatic nitrogens is 1. The molecule has 1 unspecified atom stereocenters. The zero-order valence-corrected chi connectivity index (χ0v) is 10.6. The van der Waals surface area contributed by atoms with Crippen molar-refractivity contribution in [2.45, 2.75) is 6.42 Å². The quantitative estimate of drug-likeness (QED) is 0.903. The van der Waals surface area contributed by atoms with Crippen LogP contribution in [-0.2, 0) is 0 Å². The Labute approximate surface area is 103 Å². The molecule has 3 rings (SSSR count). The molecule has 0 bridgehead atoms. The zero-order chi connectivity index (χ0) is 10.8. The Balaban J connectivity index is 1.75. The minimum atomic E-state index is 0.820. The summed E-state index contributed by atoms with van der Waals surface area (Å²) in [6, 6.07) is 4.23. The van der Waals surface area contributed by atoms with E-state index in [1.807, 2.05) is 6.20 Å². The lowest BCUT2D eigenvalue weighted by molar-refractivity contribution is 0.631. The van der Waals surface area contributed by atoms with Crippen LogP contribution in [-0.4, -0.2) is 23.0 Å². The molecule has 3 heterocycles. The van der Waals surface area contributed by atoms with Crippen molar-refractivity contribution >= 4 is 39.0 Å². The molecule has 84 valence electrons. The molecule has 4 heteroatoms. The van der Waals surface area contributed by atoms with E-state index in [1.54, 1.807) is 11.3 Å². The van der Waals surface area contributed by atoms with E-state index in [0.717, 1.165) is 18.3 Å². The minimum absolute atomic E-state index is 0.820. The maximum absolute atomic E-state index is 4.43. The van der Waals surface area contributed by atoms with E-state index in [1.165, 1.54) is 28.0 Å². The van der Waals surface area contributed by atoms with Crippen molar-refractivity contribution in [1.29, 1.82) is 0 Å². The average molecular weight is 250 g/mol. The van der Waals surface area contributed by atoms with Crippen LogP contribution in [0.4, 0.5) is 5.82 Å². The smallest absolute Gasteiger partial charge is 0.134 e. The monoisotopic (exact) mass is 250 g/mol. The first-order valence-electron chi connectivity index (χ1n) is 5.57. The molecule has 0 aliphatic carbocycles. The van der Waals surface area contributed by atoms with E-state index in [4.69, 9.17) is 0 Å². The fraction of sp³-hybridized carbons (Fsp3) is 0.417. The van der Waals surface area contributed by atoms with Gasteiger partial charge in [0, 0.05) is 22.8 Å². The lowest BCUT2D eigenvalue weighted by atomic mass is 10.1. The van der Waals surface area contributed by atoms with Gasteiger partial charge >= 0.3 is 0 Å². The number of fused-ring (bicyclic) bond motifs is 1. The first-order chi connectivity index (χ1) is 7.93. The van der Waals surface area contributed by atoms with Crippen LogP contribution < -0.4 is 5.32 Å². The van der Waals surface area contributed by atoms with Gasteiger partial charge in [-0.15, -0.1) is 11.3 Å². The van der Waals surface area contributed by atoms with Crippen molar-refractivity contribution in [3.05, 3.63) is 23.7 Å². The lowest BCUT2D eigenvalue weighted by Crippen LogP contribution is -2.14. The Morgan fingerprint density at radius 2 is 2.44 bits per heavy atom. The van der Waals surface area contributed by atoms with E-state index < -0.39 is 0 Å². The summed E-state index contributed by atoms with van der Waals surface area (Å²) in [6.45, 7) is 1.06. The lowest BCUT2D eigenvalue weighted by Gasteiger charge is -2.11. The summed E-state index contributed by atoms with van der Waals surface area (Å²) in [6.07, 6.45) is 3.24. The van der Waals surface area contributed by atoms with Crippen molar-refractivity contribution in [2.75, 3.05) is 23.4 Å². The van der Waals surface area contributed by atoms with Crippen molar-refractivity contribution < 1.29 is 0 Å². The second-order valence-corrected chi connectivity index (χ2v) is 6.20. The first-order valence-corrected chi connectivity index (χ1v) is 7.61. The zero-order valence-electron chi connectivity index (χ0n) is 8.98. The van der Waals surface area contributed by atoms with Crippen LogP contribution in [0.3, 0.4) is 0 Å². The summed E-state index contributed by atoms with van der Waals surface area (Å²) in [4.78, 5) is 4.43. The van der Waals surface area contributed by atoms with Crippen LogP contribution in [0.2, 0.25) is 0 Å². The Kier molecular flexibility index (Phi) is 3.02. The van der Waals surface area contributed by atoms with Gasteiger partial charge in [0.1, 0.15) is 5.82 Å². The summed E-state index contributed by atoms with van der Waals surface area (Å²) in [7, 11) is 0. The van der Waals surface area contributed by atoms with Gasteiger partial charge in [0.05, 0.1) is 0 Å².